The lowest BCUT2D eigenvalue weighted by Gasteiger charge is -2.10. The van der Waals surface area contributed by atoms with Crippen molar-refractivity contribution in [2.75, 3.05) is 0 Å². The molecule has 0 aliphatic rings. The smallest absolute Gasteiger partial charge is 0.249 e. The maximum absolute atomic E-state index is 11.1. The highest BCUT2D eigenvalue weighted by atomic mass is 16.1. The van der Waals surface area contributed by atoms with Gasteiger partial charge >= 0.3 is 0 Å². The number of aldehydes is 1. The molecule has 14 heavy (non-hydrogen) atoms. The first-order valence-electron chi connectivity index (χ1n) is 4.54. The molecule has 0 saturated carbocycles. The lowest BCUT2D eigenvalue weighted by molar-refractivity contribution is -0.109. The average molecular weight is 191 g/mol. The molecule has 0 fully saturated rings. The molecule has 0 aliphatic carbocycles. The van der Waals surface area contributed by atoms with Crippen molar-refractivity contribution in [3.8, 4) is 0 Å². The van der Waals surface area contributed by atoms with Crippen LogP contribution in [0.4, 0.5) is 0 Å². The van der Waals surface area contributed by atoms with E-state index in [1.165, 1.54) is 0 Å². The van der Waals surface area contributed by atoms with Crippen molar-refractivity contribution in [2.45, 2.75) is 19.3 Å². The van der Waals surface area contributed by atoms with Gasteiger partial charge in [-0.2, -0.15) is 0 Å². The first kappa shape index (κ1) is 10.4. The van der Waals surface area contributed by atoms with Crippen LogP contribution in [0.1, 0.15) is 35.2 Å². The topological polar surface area (TPSA) is 60.2 Å². The summed E-state index contributed by atoms with van der Waals surface area (Å²) in [5.74, 6) is -0.723. The number of primary amides is 1. The number of amides is 1. The molecule has 3 heteroatoms. The van der Waals surface area contributed by atoms with E-state index in [0.717, 1.165) is 11.8 Å². The highest BCUT2D eigenvalue weighted by molar-refractivity contribution is 5.95. The second kappa shape index (κ2) is 4.56. The van der Waals surface area contributed by atoms with Gasteiger partial charge in [-0.05, 0) is 18.1 Å². The quantitative estimate of drug-likeness (QED) is 0.733. The average Bonchev–Trinajstić information content (AvgIpc) is 2.20. The number of carbonyl (C=O) groups excluding carboxylic acids is 2. The van der Waals surface area contributed by atoms with Gasteiger partial charge in [0.25, 0.3) is 0 Å². The van der Waals surface area contributed by atoms with Crippen molar-refractivity contribution in [1.29, 1.82) is 0 Å². The van der Waals surface area contributed by atoms with E-state index < -0.39 is 5.91 Å². The van der Waals surface area contributed by atoms with E-state index in [-0.39, 0.29) is 5.92 Å². The van der Waals surface area contributed by atoms with Crippen molar-refractivity contribution < 1.29 is 9.59 Å². The normalized spacial score (nSPS) is 12.1. The van der Waals surface area contributed by atoms with Crippen molar-refractivity contribution in [3.05, 3.63) is 35.4 Å². The molecule has 1 unspecified atom stereocenters. The molecular weight excluding hydrogens is 178 g/mol. The summed E-state index contributed by atoms with van der Waals surface area (Å²) in [6, 6.07) is 6.95. The maximum atomic E-state index is 11.1. The number of hydrogen-bond donors (Lipinski definition) is 1. The molecule has 1 amide bonds. The van der Waals surface area contributed by atoms with E-state index in [2.05, 4.69) is 0 Å². The van der Waals surface area contributed by atoms with Crippen molar-refractivity contribution >= 4 is 12.2 Å². The molecule has 0 aromatic heterocycles. The Labute approximate surface area is 82.9 Å². The van der Waals surface area contributed by atoms with Crippen LogP contribution >= 0.6 is 0 Å². The zero-order chi connectivity index (χ0) is 10.6. The zero-order valence-electron chi connectivity index (χ0n) is 8.07. The lowest BCUT2D eigenvalue weighted by Crippen LogP contribution is -2.15. The number of benzene rings is 1. The van der Waals surface area contributed by atoms with Crippen LogP contribution in [-0.2, 0) is 4.79 Å². The second-order valence-corrected chi connectivity index (χ2v) is 3.10. The van der Waals surface area contributed by atoms with Gasteiger partial charge in [-0.15, -0.1) is 0 Å². The predicted octanol–water partition coefficient (Wildman–Crippen LogP) is 1.48. The van der Waals surface area contributed by atoms with Crippen LogP contribution in [0.3, 0.4) is 0 Å². The lowest BCUT2D eigenvalue weighted by atomic mass is 9.93. The van der Waals surface area contributed by atoms with Crippen LogP contribution < -0.4 is 5.73 Å². The summed E-state index contributed by atoms with van der Waals surface area (Å²) >= 11 is 0. The summed E-state index contributed by atoms with van der Waals surface area (Å²) in [7, 11) is 0. The number of hydrogen-bond acceptors (Lipinski definition) is 2. The van der Waals surface area contributed by atoms with Crippen LogP contribution in [0.25, 0.3) is 0 Å². The fourth-order valence-corrected chi connectivity index (χ4v) is 1.43. The van der Waals surface area contributed by atoms with Gasteiger partial charge in [-0.1, -0.05) is 25.1 Å². The summed E-state index contributed by atoms with van der Waals surface area (Å²) in [5.41, 5.74) is 6.36. The van der Waals surface area contributed by atoms with Crippen molar-refractivity contribution in [3.63, 3.8) is 0 Å². The number of carbonyl (C=O) groups is 2. The number of nitrogens with two attached hydrogens (primary N) is 1. The van der Waals surface area contributed by atoms with Gasteiger partial charge in [0.05, 0.1) is 0 Å². The highest BCUT2D eigenvalue weighted by Crippen LogP contribution is 2.20. The Kier molecular flexibility index (Phi) is 3.40. The largest absolute Gasteiger partial charge is 0.366 e. The van der Waals surface area contributed by atoms with E-state index in [4.69, 9.17) is 5.73 Å². The number of rotatable bonds is 4. The predicted molar refractivity (Wildman–Crippen MR) is 54.1 cm³/mol. The maximum Gasteiger partial charge on any atom is 0.249 e. The highest BCUT2D eigenvalue weighted by Gasteiger charge is 2.14. The molecule has 1 aromatic rings. The third-order valence-electron chi connectivity index (χ3n) is 2.23. The summed E-state index contributed by atoms with van der Waals surface area (Å²) in [4.78, 5) is 21.8. The molecule has 0 heterocycles. The van der Waals surface area contributed by atoms with Gasteiger partial charge in [0.1, 0.15) is 6.29 Å². The van der Waals surface area contributed by atoms with Gasteiger partial charge in [-0.3, -0.25) is 4.79 Å². The Morgan fingerprint density at radius 1 is 1.50 bits per heavy atom. The molecule has 0 saturated heterocycles. The summed E-state index contributed by atoms with van der Waals surface area (Å²) in [5, 5.41) is 0. The summed E-state index contributed by atoms with van der Waals surface area (Å²) < 4.78 is 0. The minimum atomic E-state index is -0.485. The molecule has 3 nitrogen and oxygen atoms in total. The Bertz CT molecular complexity index is 347. The zero-order valence-corrected chi connectivity index (χ0v) is 8.07. The second-order valence-electron chi connectivity index (χ2n) is 3.10. The third-order valence-corrected chi connectivity index (χ3v) is 2.23. The molecule has 0 spiro atoms. The Morgan fingerprint density at radius 3 is 2.64 bits per heavy atom. The van der Waals surface area contributed by atoms with Crippen molar-refractivity contribution in [2.24, 2.45) is 5.73 Å². The Hall–Kier alpha value is -1.64. The molecular formula is C11H13NO2. The molecule has 1 aromatic carbocycles. The standard InChI is InChI=1S/C11H13NO2/c1-2-8(7-13)9-5-3-4-6-10(9)11(12)14/h3-8H,2H2,1H3,(H2,12,14). The van der Waals surface area contributed by atoms with E-state index in [9.17, 15) is 9.59 Å². The summed E-state index contributed by atoms with van der Waals surface area (Å²) in [6.07, 6.45) is 1.52. The molecule has 2 N–H and O–H groups in total. The van der Waals surface area contributed by atoms with Crippen LogP contribution in [-0.4, -0.2) is 12.2 Å². The first-order valence-corrected chi connectivity index (χ1v) is 4.54. The van der Waals surface area contributed by atoms with E-state index >= 15 is 0 Å². The van der Waals surface area contributed by atoms with Gasteiger partial charge in [-0.25, -0.2) is 0 Å². The van der Waals surface area contributed by atoms with Crippen LogP contribution in [0.5, 0.6) is 0 Å². The minimum absolute atomic E-state index is 0.237. The van der Waals surface area contributed by atoms with Crippen molar-refractivity contribution in [1.82, 2.24) is 0 Å². The van der Waals surface area contributed by atoms with E-state index in [1.807, 2.05) is 6.92 Å². The van der Waals surface area contributed by atoms with Gasteiger partial charge in [0.15, 0.2) is 0 Å². The monoisotopic (exact) mass is 191 g/mol. The molecule has 1 atom stereocenters. The fraction of sp³-hybridized carbons (Fsp3) is 0.273. The van der Waals surface area contributed by atoms with Gasteiger partial charge in [0.2, 0.25) is 5.91 Å². The first-order chi connectivity index (χ1) is 6.70. The molecule has 0 aliphatic heterocycles. The van der Waals surface area contributed by atoms with Gasteiger partial charge < -0.3 is 10.5 Å². The van der Waals surface area contributed by atoms with Crippen LogP contribution in [0.2, 0.25) is 0 Å². The fourth-order valence-electron chi connectivity index (χ4n) is 1.43. The van der Waals surface area contributed by atoms with E-state index in [1.54, 1.807) is 24.3 Å². The van der Waals surface area contributed by atoms with Crippen LogP contribution in [0, 0.1) is 0 Å². The molecule has 0 bridgehead atoms. The summed E-state index contributed by atoms with van der Waals surface area (Å²) in [6.45, 7) is 1.90. The Morgan fingerprint density at radius 2 is 2.14 bits per heavy atom. The van der Waals surface area contributed by atoms with Gasteiger partial charge in [0, 0.05) is 11.5 Å². The SMILES string of the molecule is CCC(C=O)c1ccccc1C(N)=O. The van der Waals surface area contributed by atoms with Crippen LogP contribution in [0.15, 0.2) is 24.3 Å². The molecule has 74 valence electrons. The Balaban J connectivity index is 3.18. The van der Waals surface area contributed by atoms with E-state index in [0.29, 0.717) is 12.0 Å². The molecule has 0 radical (unpaired) electrons. The third kappa shape index (κ3) is 1.99. The molecule has 1 rings (SSSR count). The minimum Gasteiger partial charge on any atom is -0.366 e.